The highest BCUT2D eigenvalue weighted by atomic mass is 32.1. The van der Waals surface area contributed by atoms with Crippen LogP contribution in [0.4, 0.5) is 5.69 Å². The largest absolute Gasteiger partial charge is 0.487 e. The van der Waals surface area contributed by atoms with Crippen LogP contribution in [0.5, 0.6) is 5.75 Å². The molecule has 0 fully saturated rings. The molecule has 1 amide bonds. The van der Waals surface area contributed by atoms with Gasteiger partial charge in [0.15, 0.2) is 0 Å². The zero-order valence-corrected chi connectivity index (χ0v) is 13.5. The van der Waals surface area contributed by atoms with Gasteiger partial charge in [-0.05, 0) is 37.3 Å². The summed E-state index contributed by atoms with van der Waals surface area (Å²) in [6, 6.07) is 14.8. The molecule has 0 saturated heterocycles. The standard InChI is InChI=1S/C18H16N2O2S/c1-13-5-7-15(8-6-13)20-18(21)14-3-2-4-17(9-14)22-10-16-11-23-12-19-16/h2-9,11-12H,10H2,1H3,(H,20,21). The molecule has 0 aliphatic carbocycles. The third-order valence-corrected chi connectivity index (χ3v) is 3.91. The first-order chi connectivity index (χ1) is 11.2. The van der Waals surface area contributed by atoms with Crippen molar-refractivity contribution in [3.63, 3.8) is 0 Å². The van der Waals surface area contributed by atoms with E-state index in [9.17, 15) is 4.79 Å². The van der Waals surface area contributed by atoms with Crippen molar-refractivity contribution in [1.29, 1.82) is 0 Å². The van der Waals surface area contributed by atoms with Gasteiger partial charge in [-0.1, -0.05) is 23.8 Å². The van der Waals surface area contributed by atoms with E-state index in [1.165, 1.54) is 11.3 Å². The van der Waals surface area contributed by atoms with Gasteiger partial charge in [0.2, 0.25) is 0 Å². The quantitative estimate of drug-likeness (QED) is 0.762. The third-order valence-electron chi connectivity index (χ3n) is 3.28. The van der Waals surface area contributed by atoms with Crippen LogP contribution in [0.1, 0.15) is 21.6 Å². The van der Waals surface area contributed by atoms with E-state index in [0.29, 0.717) is 17.9 Å². The van der Waals surface area contributed by atoms with E-state index in [1.807, 2.05) is 42.6 Å². The van der Waals surface area contributed by atoms with Gasteiger partial charge in [-0.15, -0.1) is 11.3 Å². The number of amides is 1. The van der Waals surface area contributed by atoms with E-state index >= 15 is 0 Å². The molecule has 0 radical (unpaired) electrons. The molecule has 3 rings (SSSR count). The van der Waals surface area contributed by atoms with Gasteiger partial charge in [0, 0.05) is 16.6 Å². The second-order valence-electron chi connectivity index (χ2n) is 5.12. The Bertz CT molecular complexity index is 783. The molecule has 0 bridgehead atoms. The number of carbonyl (C=O) groups is 1. The maximum Gasteiger partial charge on any atom is 0.255 e. The maximum absolute atomic E-state index is 12.3. The van der Waals surface area contributed by atoms with Crippen LogP contribution in [0.2, 0.25) is 0 Å². The van der Waals surface area contributed by atoms with Crippen LogP contribution in [0, 0.1) is 6.92 Å². The highest BCUT2D eigenvalue weighted by molar-refractivity contribution is 7.07. The number of carbonyl (C=O) groups excluding carboxylic acids is 1. The number of rotatable bonds is 5. The number of thiazole rings is 1. The lowest BCUT2D eigenvalue weighted by atomic mass is 10.2. The summed E-state index contributed by atoms with van der Waals surface area (Å²) in [4.78, 5) is 16.5. The SMILES string of the molecule is Cc1ccc(NC(=O)c2cccc(OCc3cscn3)c2)cc1. The van der Waals surface area contributed by atoms with Crippen LogP contribution in [0.3, 0.4) is 0 Å². The second-order valence-corrected chi connectivity index (χ2v) is 5.84. The van der Waals surface area contributed by atoms with Crippen molar-refractivity contribution in [3.8, 4) is 5.75 Å². The van der Waals surface area contributed by atoms with Crippen molar-refractivity contribution < 1.29 is 9.53 Å². The maximum atomic E-state index is 12.3. The lowest BCUT2D eigenvalue weighted by Gasteiger charge is -2.08. The zero-order valence-electron chi connectivity index (χ0n) is 12.7. The first kappa shape index (κ1) is 15.2. The topological polar surface area (TPSA) is 51.2 Å². The molecule has 2 aromatic carbocycles. The Hall–Kier alpha value is -2.66. The normalized spacial score (nSPS) is 10.3. The van der Waals surface area contributed by atoms with Crippen molar-refractivity contribution in [1.82, 2.24) is 4.98 Å². The summed E-state index contributed by atoms with van der Waals surface area (Å²) in [5, 5.41) is 4.82. The molecule has 0 atom stereocenters. The number of nitrogens with zero attached hydrogens (tertiary/aromatic N) is 1. The van der Waals surface area contributed by atoms with Crippen LogP contribution in [0.25, 0.3) is 0 Å². The van der Waals surface area contributed by atoms with E-state index in [1.54, 1.807) is 23.7 Å². The van der Waals surface area contributed by atoms with Crippen LogP contribution in [-0.2, 0) is 6.61 Å². The highest BCUT2D eigenvalue weighted by Crippen LogP contribution is 2.17. The van der Waals surface area contributed by atoms with Gasteiger partial charge in [0.25, 0.3) is 5.91 Å². The first-order valence-corrected chi connectivity index (χ1v) is 8.13. The van der Waals surface area contributed by atoms with Gasteiger partial charge in [-0.2, -0.15) is 0 Å². The molecule has 1 aromatic heterocycles. The fourth-order valence-electron chi connectivity index (χ4n) is 2.03. The van der Waals surface area contributed by atoms with Crippen molar-refractivity contribution in [2.45, 2.75) is 13.5 Å². The third kappa shape index (κ3) is 4.17. The molecule has 5 heteroatoms. The van der Waals surface area contributed by atoms with Crippen LogP contribution in [0.15, 0.2) is 59.4 Å². The molecule has 3 aromatic rings. The van der Waals surface area contributed by atoms with E-state index in [2.05, 4.69) is 10.3 Å². The first-order valence-electron chi connectivity index (χ1n) is 7.19. The van der Waals surface area contributed by atoms with Gasteiger partial charge in [-0.25, -0.2) is 4.98 Å². The number of anilines is 1. The minimum atomic E-state index is -0.159. The van der Waals surface area contributed by atoms with E-state index in [-0.39, 0.29) is 5.91 Å². The summed E-state index contributed by atoms with van der Waals surface area (Å²) < 4.78 is 5.67. The average molecular weight is 324 g/mol. The lowest BCUT2D eigenvalue weighted by Crippen LogP contribution is -2.11. The predicted octanol–water partition coefficient (Wildman–Crippen LogP) is 4.28. The molecule has 0 aliphatic heterocycles. The van der Waals surface area contributed by atoms with Crippen molar-refractivity contribution in [2.24, 2.45) is 0 Å². The molecular weight excluding hydrogens is 308 g/mol. The molecule has 23 heavy (non-hydrogen) atoms. The molecule has 0 spiro atoms. The van der Waals surface area contributed by atoms with Crippen molar-refractivity contribution in [3.05, 3.63) is 76.2 Å². The summed E-state index contributed by atoms with van der Waals surface area (Å²) in [7, 11) is 0. The van der Waals surface area contributed by atoms with Gasteiger partial charge in [0.05, 0.1) is 11.2 Å². The predicted molar refractivity (Wildman–Crippen MR) is 92.0 cm³/mol. The number of ether oxygens (including phenoxy) is 1. The molecule has 4 nitrogen and oxygen atoms in total. The zero-order chi connectivity index (χ0) is 16.1. The van der Waals surface area contributed by atoms with Gasteiger partial charge < -0.3 is 10.1 Å². The lowest BCUT2D eigenvalue weighted by molar-refractivity contribution is 0.102. The van der Waals surface area contributed by atoms with E-state index in [0.717, 1.165) is 16.9 Å². The Morgan fingerprint density at radius 2 is 2.04 bits per heavy atom. The second kappa shape index (κ2) is 7.07. The Morgan fingerprint density at radius 3 is 2.78 bits per heavy atom. The monoisotopic (exact) mass is 324 g/mol. The minimum Gasteiger partial charge on any atom is -0.487 e. The van der Waals surface area contributed by atoms with Crippen molar-refractivity contribution >= 4 is 22.9 Å². The van der Waals surface area contributed by atoms with Crippen LogP contribution >= 0.6 is 11.3 Å². The number of hydrogen-bond acceptors (Lipinski definition) is 4. The number of aryl methyl sites for hydroxylation is 1. The molecule has 0 aliphatic rings. The van der Waals surface area contributed by atoms with E-state index in [4.69, 9.17) is 4.74 Å². The minimum absolute atomic E-state index is 0.159. The summed E-state index contributed by atoms with van der Waals surface area (Å²) in [5.74, 6) is 0.488. The smallest absolute Gasteiger partial charge is 0.255 e. The number of benzene rings is 2. The summed E-state index contributed by atoms with van der Waals surface area (Å²) in [6.45, 7) is 2.40. The number of nitrogens with one attached hydrogen (secondary N) is 1. The van der Waals surface area contributed by atoms with Gasteiger partial charge in [0.1, 0.15) is 12.4 Å². The highest BCUT2D eigenvalue weighted by Gasteiger charge is 2.07. The summed E-state index contributed by atoms with van der Waals surface area (Å²) in [6.07, 6.45) is 0. The van der Waals surface area contributed by atoms with E-state index < -0.39 is 0 Å². The Morgan fingerprint density at radius 1 is 1.22 bits per heavy atom. The molecule has 0 saturated carbocycles. The van der Waals surface area contributed by atoms with Gasteiger partial charge >= 0.3 is 0 Å². The Balaban J connectivity index is 1.66. The summed E-state index contributed by atoms with van der Waals surface area (Å²) >= 11 is 1.53. The Kier molecular flexibility index (Phi) is 4.68. The van der Waals surface area contributed by atoms with Gasteiger partial charge in [-0.3, -0.25) is 4.79 Å². The summed E-state index contributed by atoms with van der Waals surface area (Å²) in [5.41, 5.74) is 5.13. The van der Waals surface area contributed by atoms with Crippen LogP contribution < -0.4 is 10.1 Å². The fraction of sp³-hybridized carbons (Fsp3) is 0.111. The molecule has 1 heterocycles. The fourth-order valence-corrected chi connectivity index (χ4v) is 2.58. The number of aromatic nitrogens is 1. The number of hydrogen-bond donors (Lipinski definition) is 1. The molecule has 0 unspecified atom stereocenters. The Labute approximate surface area is 138 Å². The molecular formula is C18H16N2O2S. The molecule has 1 N–H and O–H groups in total. The molecule has 116 valence electrons. The van der Waals surface area contributed by atoms with Crippen LogP contribution in [-0.4, -0.2) is 10.9 Å². The van der Waals surface area contributed by atoms with Crippen molar-refractivity contribution in [2.75, 3.05) is 5.32 Å². The average Bonchev–Trinajstić information content (AvgIpc) is 3.09.